The minimum atomic E-state index is 0.551. The molecule has 5 heteroatoms. The lowest BCUT2D eigenvalue weighted by molar-refractivity contribution is 0.485. The maximum atomic E-state index is 5.98. The molecule has 2 aromatic carbocycles. The highest BCUT2D eigenvalue weighted by molar-refractivity contribution is 5.63. The summed E-state index contributed by atoms with van der Waals surface area (Å²) in [6.45, 7) is 3.16. The maximum Gasteiger partial charge on any atom is 0.229 e. The molecule has 0 amide bonds. The van der Waals surface area contributed by atoms with E-state index in [0.29, 0.717) is 5.95 Å². The summed E-state index contributed by atoms with van der Waals surface area (Å²) < 4.78 is 5.98. The quantitative estimate of drug-likeness (QED) is 0.602. The third kappa shape index (κ3) is 4.72. The van der Waals surface area contributed by atoms with Gasteiger partial charge in [0, 0.05) is 19.8 Å². The Kier molecular flexibility index (Phi) is 6.04. The van der Waals surface area contributed by atoms with E-state index in [0.717, 1.165) is 42.4 Å². The zero-order chi connectivity index (χ0) is 18.2. The first kappa shape index (κ1) is 17.7. The van der Waals surface area contributed by atoms with Crippen molar-refractivity contribution in [1.29, 1.82) is 0 Å². The number of para-hydroxylation sites is 3. The van der Waals surface area contributed by atoms with Crippen LogP contribution in [0.4, 0.5) is 17.5 Å². The van der Waals surface area contributed by atoms with Crippen LogP contribution in [0.2, 0.25) is 0 Å². The van der Waals surface area contributed by atoms with Crippen molar-refractivity contribution in [2.75, 3.05) is 23.8 Å². The number of rotatable bonds is 8. The molecule has 0 aliphatic carbocycles. The van der Waals surface area contributed by atoms with Gasteiger partial charge in [0.1, 0.15) is 11.6 Å². The summed E-state index contributed by atoms with van der Waals surface area (Å²) in [7, 11) is 2.05. The van der Waals surface area contributed by atoms with Crippen molar-refractivity contribution in [3.05, 3.63) is 66.9 Å². The molecular weight excluding hydrogens is 324 g/mol. The Bertz CT molecular complexity index is 823. The lowest BCUT2D eigenvalue weighted by atomic mass is 10.3. The number of hydrogen-bond acceptors (Lipinski definition) is 5. The van der Waals surface area contributed by atoms with E-state index < -0.39 is 0 Å². The lowest BCUT2D eigenvalue weighted by Gasteiger charge is -2.18. The predicted octanol–water partition coefficient (Wildman–Crippen LogP) is 5.25. The van der Waals surface area contributed by atoms with E-state index in [-0.39, 0.29) is 0 Å². The van der Waals surface area contributed by atoms with Crippen LogP contribution in [0.5, 0.6) is 11.5 Å². The Balaban J connectivity index is 1.77. The molecule has 0 radical (unpaired) electrons. The van der Waals surface area contributed by atoms with Crippen molar-refractivity contribution >= 4 is 17.5 Å². The molecule has 3 aromatic rings. The average Bonchev–Trinajstić information content (AvgIpc) is 2.69. The first-order valence-electron chi connectivity index (χ1n) is 8.89. The summed E-state index contributed by atoms with van der Waals surface area (Å²) in [5.74, 6) is 2.97. The molecule has 0 aliphatic heterocycles. The number of hydrogen-bond donors (Lipinski definition) is 1. The standard InChI is InChI=1S/C21H24N4O/c1-3-4-16-25(2)20-14-15-22-21(24-20)23-18-12-8-9-13-19(18)26-17-10-6-5-7-11-17/h5-15H,3-4,16H2,1-2H3,(H,22,23,24). The van der Waals surface area contributed by atoms with Crippen LogP contribution in [0, 0.1) is 0 Å². The van der Waals surface area contributed by atoms with Gasteiger partial charge in [-0.2, -0.15) is 4.98 Å². The Morgan fingerprint density at radius 3 is 2.58 bits per heavy atom. The number of ether oxygens (including phenoxy) is 1. The van der Waals surface area contributed by atoms with Crippen molar-refractivity contribution < 1.29 is 4.74 Å². The largest absolute Gasteiger partial charge is 0.455 e. The second-order valence-electron chi connectivity index (χ2n) is 6.05. The summed E-state index contributed by atoms with van der Waals surface area (Å²) in [5, 5.41) is 3.27. The molecule has 0 saturated heterocycles. The fourth-order valence-corrected chi connectivity index (χ4v) is 2.53. The van der Waals surface area contributed by atoms with Crippen molar-refractivity contribution in [1.82, 2.24) is 9.97 Å². The monoisotopic (exact) mass is 348 g/mol. The van der Waals surface area contributed by atoms with Gasteiger partial charge in [0.15, 0.2) is 5.75 Å². The average molecular weight is 348 g/mol. The molecule has 0 aliphatic rings. The number of unbranched alkanes of at least 4 members (excludes halogenated alkanes) is 1. The van der Waals surface area contributed by atoms with Gasteiger partial charge in [0.25, 0.3) is 0 Å². The van der Waals surface area contributed by atoms with Gasteiger partial charge < -0.3 is 15.0 Å². The molecule has 0 spiro atoms. The smallest absolute Gasteiger partial charge is 0.229 e. The van der Waals surface area contributed by atoms with Gasteiger partial charge in [-0.05, 0) is 36.8 Å². The van der Waals surface area contributed by atoms with Gasteiger partial charge in [-0.25, -0.2) is 4.98 Å². The first-order valence-corrected chi connectivity index (χ1v) is 8.89. The van der Waals surface area contributed by atoms with Crippen LogP contribution in [-0.2, 0) is 0 Å². The van der Waals surface area contributed by atoms with Crippen molar-refractivity contribution in [2.24, 2.45) is 0 Å². The van der Waals surface area contributed by atoms with Crippen LogP contribution in [0.15, 0.2) is 66.9 Å². The van der Waals surface area contributed by atoms with Crippen LogP contribution in [-0.4, -0.2) is 23.6 Å². The number of nitrogens with one attached hydrogen (secondary N) is 1. The molecule has 0 saturated carbocycles. The Morgan fingerprint density at radius 2 is 1.77 bits per heavy atom. The molecule has 1 N–H and O–H groups in total. The van der Waals surface area contributed by atoms with Gasteiger partial charge in [-0.1, -0.05) is 43.7 Å². The second-order valence-corrected chi connectivity index (χ2v) is 6.05. The number of benzene rings is 2. The van der Waals surface area contributed by atoms with Crippen LogP contribution in [0.25, 0.3) is 0 Å². The SMILES string of the molecule is CCCCN(C)c1ccnc(Nc2ccccc2Oc2ccccc2)n1. The van der Waals surface area contributed by atoms with E-state index in [9.17, 15) is 0 Å². The predicted molar refractivity (Wildman–Crippen MR) is 106 cm³/mol. The van der Waals surface area contributed by atoms with Gasteiger partial charge in [0.2, 0.25) is 5.95 Å². The molecule has 5 nitrogen and oxygen atoms in total. The van der Waals surface area contributed by atoms with Gasteiger partial charge in [-0.3, -0.25) is 0 Å². The fraction of sp³-hybridized carbons (Fsp3) is 0.238. The zero-order valence-electron chi connectivity index (χ0n) is 15.2. The molecule has 1 heterocycles. The van der Waals surface area contributed by atoms with Crippen LogP contribution >= 0.6 is 0 Å². The summed E-state index contributed by atoms with van der Waals surface area (Å²) >= 11 is 0. The number of nitrogens with zero attached hydrogens (tertiary/aromatic N) is 3. The topological polar surface area (TPSA) is 50.3 Å². The van der Waals surface area contributed by atoms with Gasteiger partial charge in [0.05, 0.1) is 5.69 Å². The summed E-state index contributed by atoms with van der Waals surface area (Å²) in [5.41, 5.74) is 0.824. The molecule has 0 unspecified atom stereocenters. The highest BCUT2D eigenvalue weighted by Crippen LogP contribution is 2.30. The van der Waals surface area contributed by atoms with E-state index in [1.54, 1.807) is 6.20 Å². The van der Waals surface area contributed by atoms with Gasteiger partial charge >= 0.3 is 0 Å². The van der Waals surface area contributed by atoms with E-state index >= 15 is 0 Å². The highest BCUT2D eigenvalue weighted by atomic mass is 16.5. The van der Waals surface area contributed by atoms with E-state index in [2.05, 4.69) is 27.1 Å². The fourth-order valence-electron chi connectivity index (χ4n) is 2.53. The molecule has 26 heavy (non-hydrogen) atoms. The molecule has 0 atom stereocenters. The lowest BCUT2D eigenvalue weighted by Crippen LogP contribution is -2.20. The van der Waals surface area contributed by atoms with Crippen LogP contribution < -0.4 is 15.0 Å². The Labute approximate surface area is 154 Å². The molecule has 134 valence electrons. The zero-order valence-corrected chi connectivity index (χ0v) is 15.2. The van der Waals surface area contributed by atoms with Crippen molar-refractivity contribution in [2.45, 2.75) is 19.8 Å². The summed E-state index contributed by atoms with van der Waals surface area (Å²) in [6.07, 6.45) is 4.07. The van der Waals surface area contributed by atoms with Crippen LogP contribution in [0.3, 0.4) is 0 Å². The summed E-state index contributed by atoms with van der Waals surface area (Å²) in [4.78, 5) is 11.1. The molecule has 1 aromatic heterocycles. The minimum absolute atomic E-state index is 0.551. The molecule has 3 rings (SSSR count). The number of anilines is 3. The van der Waals surface area contributed by atoms with Crippen LogP contribution in [0.1, 0.15) is 19.8 Å². The van der Waals surface area contributed by atoms with E-state index in [1.807, 2.05) is 67.7 Å². The normalized spacial score (nSPS) is 10.4. The van der Waals surface area contributed by atoms with E-state index in [1.165, 1.54) is 0 Å². The second kappa shape index (κ2) is 8.85. The maximum absolute atomic E-state index is 5.98. The Morgan fingerprint density at radius 1 is 1.00 bits per heavy atom. The third-order valence-electron chi connectivity index (χ3n) is 3.98. The number of aromatic nitrogens is 2. The minimum Gasteiger partial charge on any atom is -0.455 e. The first-order chi connectivity index (χ1) is 12.8. The summed E-state index contributed by atoms with van der Waals surface area (Å²) in [6, 6.07) is 19.4. The van der Waals surface area contributed by atoms with Crippen molar-refractivity contribution in [3.63, 3.8) is 0 Å². The van der Waals surface area contributed by atoms with Crippen molar-refractivity contribution in [3.8, 4) is 11.5 Å². The molecule has 0 fully saturated rings. The molecule has 0 bridgehead atoms. The molecular formula is C21H24N4O. The van der Waals surface area contributed by atoms with E-state index in [4.69, 9.17) is 4.74 Å². The third-order valence-corrected chi connectivity index (χ3v) is 3.98. The van der Waals surface area contributed by atoms with Gasteiger partial charge in [-0.15, -0.1) is 0 Å². The highest BCUT2D eigenvalue weighted by Gasteiger charge is 2.08. The Hall–Kier alpha value is -3.08.